The average Bonchev–Trinajstić information content (AvgIpc) is 3.12. The van der Waals surface area contributed by atoms with Crippen molar-refractivity contribution in [2.45, 2.75) is 52.4 Å². The van der Waals surface area contributed by atoms with Gasteiger partial charge in [0.2, 0.25) is 5.91 Å². The van der Waals surface area contributed by atoms with E-state index in [0.29, 0.717) is 49.7 Å². The van der Waals surface area contributed by atoms with Crippen molar-refractivity contribution in [3.05, 3.63) is 27.2 Å². The number of aliphatic carboxylic acids is 1. The summed E-state index contributed by atoms with van der Waals surface area (Å²) < 4.78 is 5.39. The van der Waals surface area contributed by atoms with Crippen LogP contribution in [0, 0.1) is 11.8 Å². The summed E-state index contributed by atoms with van der Waals surface area (Å²) in [6.45, 7) is 6.03. The van der Waals surface area contributed by atoms with Crippen LogP contribution in [0.5, 0.6) is 0 Å². The number of carbonyl (C=O) groups excluding carboxylic acids is 2. The van der Waals surface area contributed by atoms with E-state index in [9.17, 15) is 19.5 Å². The molecule has 168 valence electrons. The number of amides is 2. The summed E-state index contributed by atoms with van der Waals surface area (Å²) in [6.07, 6.45) is 4.70. The molecule has 0 unspecified atom stereocenters. The number of anilines is 1. The Morgan fingerprint density at radius 1 is 1.03 bits per heavy atom. The van der Waals surface area contributed by atoms with E-state index in [0.717, 1.165) is 42.4 Å². The van der Waals surface area contributed by atoms with Gasteiger partial charge in [-0.2, -0.15) is 0 Å². The van der Waals surface area contributed by atoms with Crippen LogP contribution in [0.3, 0.4) is 0 Å². The highest BCUT2D eigenvalue weighted by Crippen LogP contribution is 2.41. The number of nitrogens with zero attached hydrogens (tertiary/aromatic N) is 1. The molecule has 2 heterocycles. The third kappa shape index (κ3) is 4.41. The van der Waals surface area contributed by atoms with Crippen LogP contribution in [-0.4, -0.2) is 54.1 Å². The normalized spacial score (nSPS) is 24.0. The smallest absolute Gasteiger partial charge is 0.307 e. The first kappa shape index (κ1) is 22.0. The zero-order chi connectivity index (χ0) is 22.1. The van der Waals surface area contributed by atoms with Crippen LogP contribution < -0.4 is 5.32 Å². The van der Waals surface area contributed by atoms with E-state index in [1.54, 1.807) is 4.90 Å². The van der Waals surface area contributed by atoms with Crippen LogP contribution >= 0.6 is 11.3 Å². The number of aryl methyl sites for hydroxylation is 1. The molecule has 8 heteroatoms. The second-order valence-electron chi connectivity index (χ2n) is 8.83. The molecule has 1 aliphatic heterocycles. The van der Waals surface area contributed by atoms with Gasteiger partial charge >= 0.3 is 5.97 Å². The number of morpholine rings is 1. The van der Waals surface area contributed by atoms with Crippen LogP contribution in [0.2, 0.25) is 0 Å². The molecular weight excluding hydrogens is 416 g/mol. The molecule has 4 rings (SSSR count). The zero-order valence-electron chi connectivity index (χ0n) is 18.2. The molecule has 2 aliphatic carbocycles. The first-order valence-corrected chi connectivity index (χ1v) is 11.9. The van der Waals surface area contributed by atoms with Gasteiger partial charge in [0.05, 0.1) is 30.6 Å². The number of hydrogen-bond donors (Lipinski definition) is 2. The fraction of sp³-hybridized carbons (Fsp3) is 0.609. The standard InChI is InChI=1S/C23H30N2O5S/c1-13-11-16(17(23(28)29)12-14(13)2)20(26)24-21-19(15-5-3-4-6-18(15)31-21)22(27)25-7-9-30-10-8-25/h16-17H,3-12H2,1-2H3,(H,24,26)(H,28,29)/t16-,17-/m0/s1. The van der Waals surface area contributed by atoms with Gasteiger partial charge in [-0.25, -0.2) is 0 Å². The van der Waals surface area contributed by atoms with Gasteiger partial charge in [0.25, 0.3) is 5.91 Å². The number of carboxylic acids is 1. The lowest BCUT2D eigenvalue weighted by Gasteiger charge is -2.30. The number of carboxylic acid groups (broad SMARTS) is 1. The Balaban J connectivity index is 1.63. The molecule has 1 aromatic rings. The summed E-state index contributed by atoms with van der Waals surface area (Å²) in [7, 11) is 0. The summed E-state index contributed by atoms with van der Waals surface area (Å²) in [5.41, 5.74) is 3.80. The van der Waals surface area contributed by atoms with Crippen molar-refractivity contribution in [3.63, 3.8) is 0 Å². The van der Waals surface area contributed by atoms with Crippen molar-refractivity contribution in [2.24, 2.45) is 11.8 Å². The van der Waals surface area contributed by atoms with Gasteiger partial charge in [-0.3, -0.25) is 14.4 Å². The molecule has 0 bridgehead atoms. The van der Waals surface area contributed by atoms with Crippen LogP contribution in [0.25, 0.3) is 0 Å². The molecule has 2 amide bonds. The molecule has 0 spiro atoms. The number of allylic oxidation sites excluding steroid dienone is 2. The van der Waals surface area contributed by atoms with Crippen LogP contribution in [0.15, 0.2) is 11.1 Å². The largest absolute Gasteiger partial charge is 0.481 e. The number of thiophene rings is 1. The second-order valence-corrected chi connectivity index (χ2v) is 9.93. The van der Waals surface area contributed by atoms with Gasteiger partial charge < -0.3 is 20.1 Å². The Bertz CT molecular complexity index is 929. The minimum atomic E-state index is -0.943. The molecule has 0 radical (unpaired) electrons. The van der Waals surface area contributed by atoms with Gasteiger partial charge in [0, 0.05) is 18.0 Å². The fourth-order valence-electron chi connectivity index (χ4n) is 4.84. The highest BCUT2D eigenvalue weighted by molar-refractivity contribution is 7.17. The van der Waals surface area contributed by atoms with Gasteiger partial charge in [0.1, 0.15) is 5.00 Å². The van der Waals surface area contributed by atoms with E-state index in [2.05, 4.69) is 5.32 Å². The maximum absolute atomic E-state index is 13.4. The van der Waals surface area contributed by atoms with E-state index in [1.807, 2.05) is 13.8 Å². The summed E-state index contributed by atoms with van der Waals surface area (Å²) in [5.74, 6) is -2.66. The predicted octanol–water partition coefficient (Wildman–Crippen LogP) is 3.49. The van der Waals surface area contributed by atoms with Crippen molar-refractivity contribution < 1.29 is 24.2 Å². The highest BCUT2D eigenvalue weighted by Gasteiger charge is 2.38. The van der Waals surface area contributed by atoms with Crippen LogP contribution in [0.4, 0.5) is 5.00 Å². The summed E-state index contributed by atoms with van der Waals surface area (Å²) >= 11 is 1.49. The molecule has 0 saturated carbocycles. The topological polar surface area (TPSA) is 95.9 Å². The fourth-order valence-corrected chi connectivity index (χ4v) is 6.12. The van der Waals surface area contributed by atoms with E-state index in [4.69, 9.17) is 4.74 Å². The zero-order valence-corrected chi connectivity index (χ0v) is 19.0. The Kier molecular flexibility index (Phi) is 6.48. The number of fused-ring (bicyclic) bond motifs is 1. The number of ether oxygens (including phenoxy) is 1. The minimum Gasteiger partial charge on any atom is -0.481 e. The summed E-state index contributed by atoms with van der Waals surface area (Å²) in [6, 6.07) is 0. The molecule has 0 aromatic carbocycles. The van der Waals surface area contributed by atoms with E-state index in [-0.39, 0.29) is 11.8 Å². The lowest BCUT2D eigenvalue weighted by Crippen LogP contribution is -2.41. The number of hydrogen-bond acceptors (Lipinski definition) is 5. The quantitative estimate of drug-likeness (QED) is 0.691. The van der Waals surface area contributed by atoms with E-state index >= 15 is 0 Å². The van der Waals surface area contributed by atoms with Crippen molar-refractivity contribution in [2.75, 3.05) is 31.6 Å². The van der Waals surface area contributed by atoms with Gasteiger partial charge in [0.15, 0.2) is 0 Å². The van der Waals surface area contributed by atoms with Crippen molar-refractivity contribution in [1.29, 1.82) is 0 Å². The summed E-state index contributed by atoms with van der Waals surface area (Å²) in [5, 5.41) is 13.3. The molecule has 1 fully saturated rings. The second kappa shape index (κ2) is 9.12. The van der Waals surface area contributed by atoms with Crippen LogP contribution in [-0.2, 0) is 27.2 Å². The number of rotatable bonds is 4. The van der Waals surface area contributed by atoms with Gasteiger partial charge in [-0.15, -0.1) is 11.3 Å². The third-order valence-electron chi connectivity index (χ3n) is 6.84. The average molecular weight is 447 g/mol. The molecule has 31 heavy (non-hydrogen) atoms. The lowest BCUT2D eigenvalue weighted by atomic mass is 9.76. The molecular formula is C23H30N2O5S. The van der Waals surface area contributed by atoms with Crippen LogP contribution in [0.1, 0.15) is 60.3 Å². The summed E-state index contributed by atoms with van der Waals surface area (Å²) in [4.78, 5) is 41.5. The number of nitrogens with one attached hydrogen (secondary N) is 1. The molecule has 3 aliphatic rings. The van der Waals surface area contributed by atoms with Crippen molar-refractivity contribution in [3.8, 4) is 0 Å². The monoisotopic (exact) mass is 446 g/mol. The molecule has 7 nitrogen and oxygen atoms in total. The van der Waals surface area contributed by atoms with Crippen molar-refractivity contribution >= 4 is 34.1 Å². The molecule has 2 atom stereocenters. The maximum Gasteiger partial charge on any atom is 0.307 e. The lowest BCUT2D eigenvalue weighted by molar-refractivity contribution is -0.146. The predicted molar refractivity (Wildman–Crippen MR) is 119 cm³/mol. The third-order valence-corrected chi connectivity index (χ3v) is 8.05. The molecule has 2 N–H and O–H groups in total. The Morgan fingerprint density at radius 2 is 1.68 bits per heavy atom. The van der Waals surface area contributed by atoms with Crippen molar-refractivity contribution in [1.82, 2.24) is 4.90 Å². The molecule has 1 saturated heterocycles. The van der Waals surface area contributed by atoms with Gasteiger partial charge in [-0.05, 0) is 57.9 Å². The SMILES string of the molecule is CC1=C(C)C[C@H](C(=O)Nc2sc3c(c2C(=O)N2CCOCC2)CCCC3)[C@@H](C(=O)O)C1. The van der Waals surface area contributed by atoms with Gasteiger partial charge in [-0.1, -0.05) is 11.1 Å². The molecule has 1 aromatic heterocycles. The van der Waals surface area contributed by atoms with E-state index in [1.165, 1.54) is 16.2 Å². The maximum atomic E-state index is 13.4. The van der Waals surface area contributed by atoms with E-state index < -0.39 is 17.8 Å². The highest BCUT2D eigenvalue weighted by atomic mass is 32.1. The number of carbonyl (C=O) groups is 3. The Labute approximate surface area is 186 Å². The Hall–Kier alpha value is -2.19. The Morgan fingerprint density at radius 3 is 2.35 bits per heavy atom. The minimum absolute atomic E-state index is 0.0525. The first-order chi connectivity index (χ1) is 14.9. The first-order valence-electron chi connectivity index (χ1n) is 11.1.